The minimum absolute atomic E-state index is 0.275. The maximum Gasteiger partial charge on any atom is 0.233 e. The number of rotatable bonds is 4. The zero-order valence-electron chi connectivity index (χ0n) is 14.7. The quantitative estimate of drug-likeness (QED) is 0.852. The van der Waals surface area contributed by atoms with Crippen LogP contribution in [-0.4, -0.2) is 44.2 Å². The van der Waals surface area contributed by atoms with Crippen LogP contribution in [0.1, 0.15) is 37.7 Å². The second-order valence-corrected chi connectivity index (χ2v) is 7.65. The summed E-state index contributed by atoms with van der Waals surface area (Å²) in [6.07, 6.45) is 5.88. The van der Waals surface area contributed by atoms with Gasteiger partial charge in [0.1, 0.15) is 5.75 Å². The normalized spacial score (nSPS) is 30.8. The molecule has 1 heterocycles. The van der Waals surface area contributed by atoms with Crippen LogP contribution in [0, 0.1) is 11.8 Å². The Morgan fingerprint density at radius 3 is 2.50 bits per heavy atom. The first-order chi connectivity index (χ1) is 11.7. The molecule has 130 valence electrons. The summed E-state index contributed by atoms with van der Waals surface area (Å²) >= 11 is 0. The first-order valence-electron chi connectivity index (χ1n) is 9.14. The van der Waals surface area contributed by atoms with E-state index in [4.69, 9.17) is 9.47 Å². The third-order valence-corrected chi connectivity index (χ3v) is 6.42. The van der Waals surface area contributed by atoms with Gasteiger partial charge in [-0.05, 0) is 49.3 Å². The van der Waals surface area contributed by atoms with Gasteiger partial charge in [-0.15, -0.1) is 0 Å². The van der Waals surface area contributed by atoms with Gasteiger partial charge in [-0.25, -0.2) is 0 Å². The predicted octanol–water partition coefficient (Wildman–Crippen LogP) is 3.00. The molecule has 1 aromatic carbocycles. The summed E-state index contributed by atoms with van der Waals surface area (Å²) in [5, 5.41) is 0. The third kappa shape index (κ3) is 2.52. The lowest BCUT2D eigenvalue weighted by atomic mass is 9.79. The van der Waals surface area contributed by atoms with Gasteiger partial charge >= 0.3 is 0 Å². The molecule has 3 unspecified atom stereocenters. The van der Waals surface area contributed by atoms with E-state index in [-0.39, 0.29) is 5.41 Å². The number of likely N-dealkylation sites (tertiary alicyclic amines) is 1. The summed E-state index contributed by atoms with van der Waals surface area (Å²) in [6.45, 7) is 1.79. The SMILES string of the molecule is COc1ccc(C2(C(=O)N3CC4CCCC(OC)C4C3)CC2)cc1. The number of ether oxygens (including phenoxy) is 2. The van der Waals surface area contributed by atoms with Crippen LogP contribution in [-0.2, 0) is 14.9 Å². The van der Waals surface area contributed by atoms with Crippen LogP contribution in [0.5, 0.6) is 5.75 Å². The van der Waals surface area contributed by atoms with Gasteiger partial charge in [-0.1, -0.05) is 18.6 Å². The highest BCUT2D eigenvalue weighted by Gasteiger charge is 2.55. The van der Waals surface area contributed by atoms with Crippen molar-refractivity contribution < 1.29 is 14.3 Å². The average Bonchev–Trinajstić information content (AvgIpc) is 3.32. The second-order valence-electron chi connectivity index (χ2n) is 7.65. The van der Waals surface area contributed by atoms with Gasteiger partial charge in [0.15, 0.2) is 0 Å². The number of hydrogen-bond acceptors (Lipinski definition) is 3. The summed E-state index contributed by atoms with van der Waals surface area (Å²) < 4.78 is 10.9. The van der Waals surface area contributed by atoms with Crippen LogP contribution in [0.15, 0.2) is 24.3 Å². The van der Waals surface area contributed by atoms with Crippen LogP contribution in [0.3, 0.4) is 0 Å². The van der Waals surface area contributed by atoms with Crippen molar-refractivity contribution in [1.29, 1.82) is 0 Å². The molecule has 0 N–H and O–H groups in total. The monoisotopic (exact) mass is 329 g/mol. The van der Waals surface area contributed by atoms with Crippen LogP contribution >= 0.6 is 0 Å². The van der Waals surface area contributed by atoms with Crippen LogP contribution in [0.4, 0.5) is 0 Å². The van der Waals surface area contributed by atoms with Crippen molar-refractivity contribution >= 4 is 5.91 Å². The topological polar surface area (TPSA) is 38.8 Å². The van der Waals surface area contributed by atoms with Crippen LogP contribution in [0.25, 0.3) is 0 Å². The molecule has 3 aliphatic rings. The first kappa shape index (κ1) is 15.9. The van der Waals surface area contributed by atoms with Crippen molar-refractivity contribution in [1.82, 2.24) is 4.90 Å². The molecular formula is C20H27NO3. The molecular weight excluding hydrogens is 302 g/mol. The predicted molar refractivity (Wildman–Crippen MR) is 92.1 cm³/mol. The molecule has 0 bridgehead atoms. The molecule has 3 atom stereocenters. The number of amides is 1. The first-order valence-corrected chi connectivity index (χ1v) is 9.14. The molecule has 4 rings (SSSR count). The Kier molecular flexibility index (Phi) is 4.03. The Labute approximate surface area is 144 Å². The summed E-state index contributed by atoms with van der Waals surface area (Å²) in [5.41, 5.74) is 0.869. The van der Waals surface area contributed by atoms with Crippen molar-refractivity contribution in [3.05, 3.63) is 29.8 Å². The molecule has 1 amide bonds. The Morgan fingerprint density at radius 2 is 1.88 bits per heavy atom. The van der Waals surface area contributed by atoms with Crippen molar-refractivity contribution in [3.8, 4) is 5.75 Å². The third-order valence-electron chi connectivity index (χ3n) is 6.42. The smallest absolute Gasteiger partial charge is 0.233 e. The summed E-state index contributed by atoms with van der Waals surface area (Å²) in [5.74, 6) is 2.33. The molecule has 2 saturated carbocycles. The number of carbonyl (C=O) groups is 1. The molecule has 24 heavy (non-hydrogen) atoms. The molecule has 4 heteroatoms. The van der Waals surface area contributed by atoms with Gasteiger partial charge in [0.05, 0.1) is 18.6 Å². The van der Waals surface area contributed by atoms with Crippen LogP contribution in [0.2, 0.25) is 0 Å². The molecule has 0 spiro atoms. The fraction of sp³-hybridized carbons (Fsp3) is 0.650. The van der Waals surface area contributed by atoms with Crippen molar-refractivity contribution in [2.75, 3.05) is 27.3 Å². The van der Waals surface area contributed by atoms with E-state index in [1.54, 1.807) is 7.11 Å². The maximum atomic E-state index is 13.3. The number of carbonyl (C=O) groups excluding carboxylic acids is 1. The Morgan fingerprint density at radius 1 is 1.12 bits per heavy atom. The minimum atomic E-state index is -0.275. The zero-order valence-corrected chi connectivity index (χ0v) is 14.7. The summed E-state index contributed by atoms with van der Waals surface area (Å²) in [7, 11) is 3.49. The second kappa shape index (κ2) is 6.07. The Hall–Kier alpha value is -1.55. The number of hydrogen-bond donors (Lipinski definition) is 0. The van der Waals surface area contributed by atoms with E-state index in [0.29, 0.717) is 23.8 Å². The molecule has 4 nitrogen and oxygen atoms in total. The summed E-state index contributed by atoms with van der Waals surface area (Å²) in [4.78, 5) is 15.4. The minimum Gasteiger partial charge on any atom is -0.497 e. The lowest BCUT2D eigenvalue weighted by Crippen LogP contribution is -2.38. The number of methoxy groups -OCH3 is 2. The van der Waals surface area contributed by atoms with E-state index in [9.17, 15) is 4.79 Å². The molecule has 1 saturated heterocycles. The lowest BCUT2D eigenvalue weighted by molar-refractivity contribution is -0.133. The highest BCUT2D eigenvalue weighted by Crippen LogP contribution is 2.51. The molecule has 0 aromatic heterocycles. The van der Waals surface area contributed by atoms with E-state index in [1.165, 1.54) is 12.8 Å². The number of fused-ring (bicyclic) bond motifs is 1. The van der Waals surface area contributed by atoms with E-state index >= 15 is 0 Å². The van der Waals surface area contributed by atoms with Crippen molar-refractivity contribution in [2.45, 2.75) is 43.6 Å². The highest BCUT2D eigenvalue weighted by molar-refractivity contribution is 5.91. The molecule has 3 fully saturated rings. The number of benzene rings is 1. The van der Waals surface area contributed by atoms with Crippen molar-refractivity contribution in [2.24, 2.45) is 11.8 Å². The number of nitrogens with zero attached hydrogens (tertiary/aromatic N) is 1. The largest absolute Gasteiger partial charge is 0.497 e. The van der Waals surface area contributed by atoms with Gasteiger partial charge in [0, 0.05) is 26.1 Å². The van der Waals surface area contributed by atoms with Crippen LogP contribution < -0.4 is 4.74 Å². The molecule has 2 aliphatic carbocycles. The molecule has 1 aromatic rings. The standard InChI is InChI=1S/C20H27NO3/c1-23-16-8-6-15(7-9-16)20(10-11-20)19(22)21-12-14-4-3-5-18(24-2)17(14)13-21/h6-9,14,17-18H,3-5,10-13H2,1-2H3. The lowest BCUT2D eigenvalue weighted by Gasteiger charge is -2.31. The molecule has 0 radical (unpaired) electrons. The van der Waals surface area contributed by atoms with Gasteiger partial charge in [-0.3, -0.25) is 4.79 Å². The van der Waals surface area contributed by atoms with Gasteiger partial charge in [0.2, 0.25) is 5.91 Å². The molecule has 1 aliphatic heterocycles. The average molecular weight is 329 g/mol. The Balaban J connectivity index is 1.51. The maximum absolute atomic E-state index is 13.3. The Bertz CT molecular complexity index is 608. The van der Waals surface area contributed by atoms with Crippen molar-refractivity contribution in [3.63, 3.8) is 0 Å². The van der Waals surface area contributed by atoms with Gasteiger partial charge in [0.25, 0.3) is 0 Å². The summed E-state index contributed by atoms with van der Waals surface area (Å²) in [6, 6.07) is 8.05. The van der Waals surface area contributed by atoms with Gasteiger partial charge < -0.3 is 14.4 Å². The van der Waals surface area contributed by atoms with E-state index < -0.39 is 0 Å². The van der Waals surface area contributed by atoms with E-state index in [1.807, 2.05) is 19.2 Å². The van der Waals surface area contributed by atoms with E-state index in [2.05, 4.69) is 17.0 Å². The zero-order chi connectivity index (χ0) is 16.7. The van der Waals surface area contributed by atoms with Gasteiger partial charge in [-0.2, -0.15) is 0 Å². The highest BCUT2D eigenvalue weighted by atomic mass is 16.5. The fourth-order valence-electron chi connectivity index (χ4n) is 4.84. The van der Waals surface area contributed by atoms with E-state index in [0.717, 1.165) is 43.7 Å². The fourth-order valence-corrected chi connectivity index (χ4v) is 4.84.